The molecule has 2 heteroatoms. The second-order valence-electron chi connectivity index (χ2n) is 6.17. The lowest BCUT2D eigenvalue weighted by Gasteiger charge is -2.38. The molecule has 1 aliphatic carbocycles. The van der Waals surface area contributed by atoms with Gasteiger partial charge in [-0.2, -0.15) is 0 Å². The van der Waals surface area contributed by atoms with Gasteiger partial charge in [0.05, 0.1) is 0 Å². The third-order valence-corrected chi connectivity index (χ3v) is 5.68. The molecule has 0 aliphatic heterocycles. The summed E-state index contributed by atoms with van der Waals surface area (Å²) in [5.74, 6) is 0.837. The number of benzene rings is 1. The number of thiophene rings is 1. The average molecular weight is 273 g/mol. The smallest absolute Gasteiger partial charge is 0.0345 e. The molecule has 102 valence electrons. The highest BCUT2D eigenvalue weighted by molar-refractivity contribution is 7.17. The molecule has 2 N–H and O–H groups in total. The summed E-state index contributed by atoms with van der Waals surface area (Å²) in [6.07, 6.45) is 7.40. The van der Waals surface area contributed by atoms with Gasteiger partial charge in [-0.3, -0.25) is 0 Å². The zero-order valence-corrected chi connectivity index (χ0v) is 12.5. The van der Waals surface area contributed by atoms with Crippen molar-refractivity contribution in [2.24, 2.45) is 11.7 Å². The Morgan fingerprint density at radius 2 is 2.21 bits per heavy atom. The van der Waals surface area contributed by atoms with Gasteiger partial charge in [-0.05, 0) is 47.6 Å². The van der Waals surface area contributed by atoms with E-state index in [-0.39, 0.29) is 5.54 Å². The van der Waals surface area contributed by atoms with Crippen LogP contribution in [0.4, 0.5) is 0 Å². The van der Waals surface area contributed by atoms with Crippen molar-refractivity contribution in [3.8, 4) is 0 Å². The van der Waals surface area contributed by atoms with Gasteiger partial charge in [0.15, 0.2) is 0 Å². The zero-order valence-electron chi connectivity index (χ0n) is 11.7. The predicted octanol–water partition coefficient (Wildman–Crippen LogP) is 4.74. The van der Waals surface area contributed by atoms with Crippen LogP contribution in [0.25, 0.3) is 10.1 Å². The van der Waals surface area contributed by atoms with Gasteiger partial charge in [0.2, 0.25) is 0 Å². The van der Waals surface area contributed by atoms with E-state index < -0.39 is 0 Å². The minimum atomic E-state index is 0.0305. The molecule has 1 nitrogen and oxygen atoms in total. The van der Waals surface area contributed by atoms with Crippen LogP contribution in [0.1, 0.15) is 44.6 Å². The molecule has 3 rings (SSSR count). The van der Waals surface area contributed by atoms with E-state index in [4.69, 9.17) is 5.73 Å². The van der Waals surface area contributed by atoms with Gasteiger partial charge in [0.1, 0.15) is 0 Å². The highest BCUT2D eigenvalue weighted by Gasteiger charge is 2.32. The first-order valence-corrected chi connectivity index (χ1v) is 8.32. The Bertz CT molecular complexity index is 559. The molecule has 1 aromatic carbocycles. The number of nitrogens with two attached hydrogens (primary N) is 1. The summed E-state index contributed by atoms with van der Waals surface area (Å²) in [4.78, 5) is 0. The molecule has 1 heterocycles. The monoisotopic (exact) mass is 273 g/mol. The van der Waals surface area contributed by atoms with Crippen LogP contribution >= 0.6 is 11.3 Å². The summed E-state index contributed by atoms with van der Waals surface area (Å²) in [5.41, 5.74) is 8.20. The van der Waals surface area contributed by atoms with E-state index >= 15 is 0 Å². The van der Waals surface area contributed by atoms with E-state index in [1.165, 1.54) is 47.8 Å². The van der Waals surface area contributed by atoms with Crippen LogP contribution in [-0.4, -0.2) is 5.54 Å². The molecule has 0 amide bonds. The van der Waals surface area contributed by atoms with Gasteiger partial charge in [-0.15, -0.1) is 11.3 Å². The predicted molar refractivity (Wildman–Crippen MR) is 84.7 cm³/mol. The maximum atomic E-state index is 6.71. The van der Waals surface area contributed by atoms with Crippen LogP contribution in [0.3, 0.4) is 0 Å². The second-order valence-corrected chi connectivity index (χ2v) is 7.08. The minimum absolute atomic E-state index is 0.0305. The summed E-state index contributed by atoms with van der Waals surface area (Å²) in [7, 11) is 0. The Labute approximate surface area is 119 Å². The molecule has 2 atom stereocenters. The lowest BCUT2D eigenvalue weighted by Crippen LogP contribution is -2.46. The largest absolute Gasteiger partial charge is 0.325 e. The Morgan fingerprint density at radius 3 is 3.05 bits per heavy atom. The molecule has 2 unspecified atom stereocenters. The van der Waals surface area contributed by atoms with E-state index in [2.05, 4.69) is 36.6 Å². The molecule has 19 heavy (non-hydrogen) atoms. The van der Waals surface area contributed by atoms with Gasteiger partial charge < -0.3 is 5.73 Å². The number of fused-ring (bicyclic) bond motifs is 1. The summed E-state index contributed by atoms with van der Waals surface area (Å²) in [6, 6.07) is 8.71. The van der Waals surface area contributed by atoms with Gasteiger partial charge in [-0.1, -0.05) is 44.4 Å². The summed E-state index contributed by atoms with van der Waals surface area (Å²) in [5, 5.41) is 3.73. The first kappa shape index (κ1) is 13.1. The third-order valence-electron chi connectivity index (χ3n) is 4.66. The van der Waals surface area contributed by atoms with Crippen molar-refractivity contribution < 1.29 is 0 Å². The molecular formula is C17H23NS. The fraction of sp³-hybridized carbons (Fsp3) is 0.529. The van der Waals surface area contributed by atoms with Crippen LogP contribution in [0.2, 0.25) is 0 Å². The van der Waals surface area contributed by atoms with E-state index in [1.54, 1.807) is 0 Å². The average Bonchev–Trinajstić information content (AvgIpc) is 2.82. The molecule has 1 aromatic heterocycles. The van der Waals surface area contributed by atoms with Crippen LogP contribution in [0, 0.1) is 5.92 Å². The van der Waals surface area contributed by atoms with Crippen molar-refractivity contribution in [2.45, 2.75) is 51.0 Å². The van der Waals surface area contributed by atoms with Crippen LogP contribution in [-0.2, 0) is 6.42 Å². The molecular weight excluding hydrogens is 250 g/mol. The molecule has 1 saturated carbocycles. The Morgan fingerprint density at radius 1 is 1.37 bits per heavy atom. The second kappa shape index (κ2) is 5.26. The fourth-order valence-electron chi connectivity index (χ4n) is 3.58. The van der Waals surface area contributed by atoms with Crippen molar-refractivity contribution >= 4 is 21.4 Å². The van der Waals surface area contributed by atoms with Crippen LogP contribution in [0.5, 0.6) is 0 Å². The Kier molecular flexibility index (Phi) is 3.64. The van der Waals surface area contributed by atoms with Crippen LogP contribution < -0.4 is 5.73 Å². The molecule has 0 bridgehead atoms. The van der Waals surface area contributed by atoms with Crippen molar-refractivity contribution in [1.82, 2.24) is 0 Å². The summed E-state index contributed by atoms with van der Waals surface area (Å²) < 4.78 is 1.39. The maximum absolute atomic E-state index is 6.71. The lowest BCUT2D eigenvalue weighted by atomic mass is 9.72. The summed E-state index contributed by atoms with van der Waals surface area (Å²) in [6.45, 7) is 2.30. The third kappa shape index (κ3) is 2.70. The van der Waals surface area contributed by atoms with Crippen molar-refractivity contribution in [2.75, 3.05) is 0 Å². The molecule has 0 spiro atoms. The topological polar surface area (TPSA) is 26.0 Å². The SMILES string of the molecule is CCC1CCCC(N)(Cc2csc3ccccc23)C1. The highest BCUT2D eigenvalue weighted by atomic mass is 32.1. The first-order chi connectivity index (χ1) is 9.20. The quantitative estimate of drug-likeness (QED) is 0.858. The van der Waals surface area contributed by atoms with E-state index in [9.17, 15) is 0 Å². The first-order valence-electron chi connectivity index (χ1n) is 7.44. The molecule has 2 aromatic rings. The Balaban J connectivity index is 1.83. The van der Waals surface area contributed by atoms with Crippen molar-refractivity contribution in [3.63, 3.8) is 0 Å². The lowest BCUT2D eigenvalue weighted by molar-refractivity contribution is 0.219. The van der Waals surface area contributed by atoms with Gasteiger partial charge in [0, 0.05) is 10.2 Å². The fourth-order valence-corrected chi connectivity index (χ4v) is 4.54. The minimum Gasteiger partial charge on any atom is -0.325 e. The zero-order chi connectivity index (χ0) is 13.3. The summed E-state index contributed by atoms with van der Waals surface area (Å²) >= 11 is 1.85. The van der Waals surface area contributed by atoms with E-state index in [1.807, 2.05) is 11.3 Å². The van der Waals surface area contributed by atoms with Gasteiger partial charge in [-0.25, -0.2) is 0 Å². The maximum Gasteiger partial charge on any atom is 0.0345 e. The highest BCUT2D eigenvalue weighted by Crippen LogP contribution is 2.37. The van der Waals surface area contributed by atoms with Crippen LogP contribution in [0.15, 0.2) is 29.6 Å². The molecule has 1 aliphatic rings. The van der Waals surface area contributed by atoms with Crippen molar-refractivity contribution in [1.29, 1.82) is 0 Å². The molecule has 0 saturated heterocycles. The standard InChI is InChI=1S/C17H23NS/c1-2-13-6-5-9-17(18,10-13)11-14-12-19-16-8-4-3-7-15(14)16/h3-4,7-8,12-13H,2,5-6,9-11,18H2,1H3. The number of hydrogen-bond acceptors (Lipinski definition) is 2. The van der Waals surface area contributed by atoms with E-state index in [0.29, 0.717) is 0 Å². The number of hydrogen-bond donors (Lipinski definition) is 1. The van der Waals surface area contributed by atoms with Gasteiger partial charge >= 0.3 is 0 Å². The normalized spacial score (nSPS) is 27.8. The molecule has 0 radical (unpaired) electrons. The van der Waals surface area contributed by atoms with Gasteiger partial charge in [0.25, 0.3) is 0 Å². The van der Waals surface area contributed by atoms with Crippen molar-refractivity contribution in [3.05, 3.63) is 35.2 Å². The molecule has 1 fully saturated rings. The Hall–Kier alpha value is -0.860. The number of rotatable bonds is 3. The van der Waals surface area contributed by atoms with E-state index in [0.717, 1.165) is 12.3 Å².